The maximum absolute atomic E-state index is 6.52. The number of benzene rings is 10. The molecule has 1 heterocycles. The Labute approximate surface area is 353 Å². The zero-order valence-electron chi connectivity index (χ0n) is 33.1. The molecule has 10 aromatic carbocycles. The Morgan fingerprint density at radius 2 is 0.918 bits per heavy atom. The number of hydrogen-bond donors (Lipinski definition) is 0. The molecule has 2 heteroatoms. The summed E-state index contributed by atoms with van der Waals surface area (Å²) in [5.74, 6) is 0. The fourth-order valence-electron chi connectivity index (χ4n) is 11.4. The summed E-state index contributed by atoms with van der Waals surface area (Å²) in [6.45, 7) is 0. The Kier molecular flexibility index (Phi) is 6.52. The molecule has 11 aromatic rings. The normalized spacial score (nSPS) is 13.4. The first-order valence-electron chi connectivity index (χ1n) is 21.2. The van der Waals surface area contributed by atoms with Gasteiger partial charge >= 0.3 is 0 Å². The van der Waals surface area contributed by atoms with Crippen LogP contribution in [-0.2, 0) is 5.41 Å². The van der Waals surface area contributed by atoms with Crippen LogP contribution in [0.1, 0.15) is 22.3 Å². The van der Waals surface area contributed by atoms with Gasteiger partial charge in [-0.25, -0.2) is 0 Å². The van der Waals surface area contributed by atoms with Crippen LogP contribution in [0.4, 0.5) is 17.1 Å². The van der Waals surface area contributed by atoms with Gasteiger partial charge in [-0.1, -0.05) is 176 Å². The quantitative estimate of drug-likeness (QED) is 0.177. The molecule has 1 spiro atoms. The van der Waals surface area contributed by atoms with Crippen LogP contribution in [0.3, 0.4) is 0 Å². The van der Waals surface area contributed by atoms with Crippen LogP contribution in [-0.4, -0.2) is 0 Å². The average molecular weight is 774 g/mol. The van der Waals surface area contributed by atoms with E-state index in [9.17, 15) is 0 Å². The molecular formula is C59H35NO. The molecule has 0 N–H and O–H groups in total. The summed E-state index contributed by atoms with van der Waals surface area (Å²) in [4.78, 5) is 2.50. The Morgan fingerprint density at radius 3 is 1.69 bits per heavy atom. The molecule has 0 fully saturated rings. The van der Waals surface area contributed by atoms with Crippen molar-refractivity contribution in [3.63, 3.8) is 0 Å². The summed E-state index contributed by atoms with van der Waals surface area (Å²) in [5, 5.41) is 4.89. The highest BCUT2D eigenvalue weighted by Gasteiger charge is 2.52. The lowest BCUT2D eigenvalue weighted by Gasteiger charge is -2.32. The highest BCUT2D eigenvalue weighted by atomic mass is 16.3. The van der Waals surface area contributed by atoms with Crippen molar-refractivity contribution in [3.05, 3.63) is 235 Å². The number of fused-ring (bicyclic) bond motifs is 16. The Bertz CT molecular complexity index is 3610. The van der Waals surface area contributed by atoms with Crippen molar-refractivity contribution >= 4 is 49.8 Å². The third-order valence-electron chi connectivity index (χ3n) is 13.8. The van der Waals surface area contributed by atoms with Crippen LogP contribution >= 0.6 is 0 Å². The van der Waals surface area contributed by atoms with Crippen LogP contribution in [0.2, 0.25) is 0 Å². The summed E-state index contributed by atoms with van der Waals surface area (Å²) >= 11 is 0. The third kappa shape index (κ3) is 4.26. The van der Waals surface area contributed by atoms with Gasteiger partial charge in [-0.2, -0.15) is 0 Å². The van der Waals surface area contributed by atoms with Crippen LogP contribution in [0.15, 0.2) is 217 Å². The summed E-state index contributed by atoms with van der Waals surface area (Å²) < 4.78 is 6.52. The molecule has 0 aliphatic heterocycles. The van der Waals surface area contributed by atoms with Gasteiger partial charge < -0.3 is 9.32 Å². The van der Waals surface area contributed by atoms with Gasteiger partial charge in [0.1, 0.15) is 11.2 Å². The fraction of sp³-hybridized carbons (Fsp3) is 0.0169. The number of nitrogens with zero attached hydrogens (tertiary/aromatic N) is 1. The van der Waals surface area contributed by atoms with Gasteiger partial charge in [0.05, 0.1) is 11.1 Å². The van der Waals surface area contributed by atoms with Crippen molar-refractivity contribution in [2.75, 3.05) is 4.90 Å². The predicted molar refractivity (Wildman–Crippen MR) is 252 cm³/mol. The molecule has 1 aromatic heterocycles. The van der Waals surface area contributed by atoms with Gasteiger partial charge in [-0.05, 0) is 114 Å². The summed E-state index contributed by atoms with van der Waals surface area (Å²) in [6, 6.07) is 78.6. The molecule has 0 unspecified atom stereocenters. The fourth-order valence-corrected chi connectivity index (χ4v) is 11.4. The SMILES string of the molecule is c1ccc2c(c1)-c1ccccc1C21c2ccccc2-c2c(N(c3ccc(-c4cccc5c4oc4ccccc45)cc3)c3ccc4c(c3)-c3cccc5cccc-4c35)cccc21. The van der Waals surface area contributed by atoms with E-state index in [-0.39, 0.29) is 0 Å². The second-order valence-corrected chi connectivity index (χ2v) is 16.7. The number of rotatable bonds is 4. The summed E-state index contributed by atoms with van der Waals surface area (Å²) in [5.41, 5.74) is 22.6. The van der Waals surface area contributed by atoms with Crippen molar-refractivity contribution in [3.8, 4) is 55.6 Å². The minimum Gasteiger partial charge on any atom is -0.455 e. The zero-order valence-corrected chi connectivity index (χ0v) is 33.1. The second-order valence-electron chi connectivity index (χ2n) is 16.7. The molecule has 0 radical (unpaired) electrons. The van der Waals surface area contributed by atoms with Gasteiger partial charge in [0.25, 0.3) is 0 Å². The van der Waals surface area contributed by atoms with Crippen LogP contribution in [0.25, 0.3) is 88.3 Å². The Balaban J connectivity index is 1.02. The first-order chi connectivity index (χ1) is 30.3. The Morgan fingerprint density at radius 1 is 0.361 bits per heavy atom. The predicted octanol–water partition coefficient (Wildman–Crippen LogP) is 15.9. The van der Waals surface area contributed by atoms with Crippen molar-refractivity contribution in [1.82, 2.24) is 0 Å². The van der Waals surface area contributed by atoms with E-state index in [1.54, 1.807) is 0 Å². The standard InChI is InChI=1S/C59H35NO/c1-5-23-50-42(15-1)43-16-2-6-24-51(43)59(50)52-25-7-3-18-48(52)57-53(59)26-12-27-54(57)60(39-33-34-41-45-20-9-13-37-14-10-21-46(56(37)45)49(41)35-39)38-31-29-36(30-32-38)40-19-11-22-47-44-17-4-8-28-55(44)61-58(40)47/h1-35H. The molecule has 0 amide bonds. The van der Waals surface area contributed by atoms with E-state index < -0.39 is 5.41 Å². The van der Waals surface area contributed by atoms with E-state index in [0.29, 0.717) is 0 Å². The largest absolute Gasteiger partial charge is 0.455 e. The van der Waals surface area contributed by atoms with E-state index in [0.717, 1.165) is 50.1 Å². The van der Waals surface area contributed by atoms with E-state index in [2.05, 4.69) is 211 Å². The molecule has 0 saturated carbocycles. The smallest absolute Gasteiger partial charge is 0.143 e. The van der Waals surface area contributed by atoms with E-state index in [1.165, 1.54) is 77.5 Å². The lowest BCUT2D eigenvalue weighted by atomic mass is 9.70. The lowest BCUT2D eigenvalue weighted by Crippen LogP contribution is -2.26. The minimum absolute atomic E-state index is 0.439. The highest BCUT2D eigenvalue weighted by Crippen LogP contribution is 2.65. The molecule has 0 bridgehead atoms. The highest BCUT2D eigenvalue weighted by molar-refractivity contribution is 6.16. The molecule has 282 valence electrons. The van der Waals surface area contributed by atoms with E-state index >= 15 is 0 Å². The number of para-hydroxylation sites is 2. The maximum atomic E-state index is 6.52. The maximum Gasteiger partial charge on any atom is 0.143 e. The Hall–Kier alpha value is -7.94. The first kappa shape index (κ1) is 33.0. The average Bonchev–Trinajstić information content (AvgIpc) is 4.05. The number of furan rings is 1. The van der Waals surface area contributed by atoms with Gasteiger partial charge in [-0.15, -0.1) is 0 Å². The van der Waals surface area contributed by atoms with Gasteiger partial charge in [0.15, 0.2) is 0 Å². The minimum atomic E-state index is -0.439. The van der Waals surface area contributed by atoms with Crippen molar-refractivity contribution in [1.29, 1.82) is 0 Å². The third-order valence-corrected chi connectivity index (χ3v) is 13.8. The van der Waals surface area contributed by atoms with Crippen molar-refractivity contribution < 1.29 is 4.42 Å². The summed E-state index contributed by atoms with van der Waals surface area (Å²) in [6.07, 6.45) is 0. The molecule has 61 heavy (non-hydrogen) atoms. The molecule has 14 rings (SSSR count). The van der Waals surface area contributed by atoms with Crippen LogP contribution in [0.5, 0.6) is 0 Å². The monoisotopic (exact) mass is 773 g/mol. The molecule has 3 aliphatic carbocycles. The topological polar surface area (TPSA) is 16.4 Å². The van der Waals surface area contributed by atoms with Gasteiger partial charge in [-0.3, -0.25) is 0 Å². The van der Waals surface area contributed by atoms with E-state index in [1.807, 2.05) is 6.07 Å². The van der Waals surface area contributed by atoms with E-state index in [4.69, 9.17) is 4.42 Å². The molecule has 2 nitrogen and oxygen atoms in total. The molecule has 3 aliphatic rings. The van der Waals surface area contributed by atoms with Gasteiger partial charge in [0, 0.05) is 33.3 Å². The molecular weight excluding hydrogens is 739 g/mol. The zero-order chi connectivity index (χ0) is 39.8. The van der Waals surface area contributed by atoms with Gasteiger partial charge in [0.2, 0.25) is 0 Å². The summed E-state index contributed by atoms with van der Waals surface area (Å²) in [7, 11) is 0. The number of hydrogen-bond acceptors (Lipinski definition) is 2. The first-order valence-corrected chi connectivity index (χ1v) is 21.2. The van der Waals surface area contributed by atoms with Crippen LogP contribution in [0, 0.1) is 0 Å². The lowest BCUT2D eigenvalue weighted by molar-refractivity contribution is 0.670. The van der Waals surface area contributed by atoms with Crippen molar-refractivity contribution in [2.24, 2.45) is 0 Å². The molecule has 0 saturated heterocycles. The number of anilines is 3. The second kappa shape index (κ2) is 12.1. The van der Waals surface area contributed by atoms with Crippen molar-refractivity contribution in [2.45, 2.75) is 5.41 Å². The van der Waals surface area contributed by atoms with Crippen LogP contribution < -0.4 is 4.90 Å². The molecule has 0 atom stereocenters.